The van der Waals surface area contributed by atoms with Crippen LogP contribution >= 0.6 is 23.2 Å². The number of aliphatic hydroxyl groups is 1. The fraction of sp³-hybridized carbons (Fsp3) is 0.235. The van der Waals surface area contributed by atoms with Gasteiger partial charge in [0.1, 0.15) is 5.82 Å². The third-order valence-electron chi connectivity index (χ3n) is 3.63. The van der Waals surface area contributed by atoms with E-state index in [9.17, 15) is 22.7 Å². The SMILES string of the molecule is O=C(CCNS(=O)(=O)c1cccc(Cl)c1)N[C@H](CO)c1cccc(Cl)c1F. The average molecular weight is 435 g/mol. The first-order chi connectivity index (χ1) is 12.7. The summed E-state index contributed by atoms with van der Waals surface area (Å²) < 4.78 is 40.6. The zero-order valence-electron chi connectivity index (χ0n) is 14.0. The number of hydrogen-bond acceptors (Lipinski definition) is 4. The van der Waals surface area contributed by atoms with Gasteiger partial charge in [-0.05, 0) is 24.3 Å². The third-order valence-corrected chi connectivity index (χ3v) is 5.61. The van der Waals surface area contributed by atoms with Gasteiger partial charge in [0.15, 0.2) is 0 Å². The maximum Gasteiger partial charge on any atom is 0.240 e. The van der Waals surface area contributed by atoms with E-state index in [2.05, 4.69) is 10.0 Å². The molecule has 0 radical (unpaired) electrons. The Morgan fingerprint density at radius 1 is 1.19 bits per heavy atom. The van der Waals surface area contributed by atoms with E-state index in [0.717, 1.165) is 0 Å². The molecule has 2 rings (SSSR count). The molecule has 0 aliphatic rings. The highest BCUT2D eigenvalue weighted by Crippen LogP contribution is 2.23. The van der Waals surface area contributed by atoms with Crippen molar-refractivity contribution in [2.45, 2.75) is 17.4 Å². The standard InChI is InChI=1S/C17H17Cl2FN2O4S/c18-11-3-1-4-12(9-11)27(25,26)21-8-7-16(24)22-15(10-23)13-5-2-6-14(19)17(13)20/h1-6,9,15,21,23H,7-8,10H2,(H,22,24)/t15-/m1/s1. The first-order valence-corrected chi connectivity index (χ1v) is 10.1. The number of nitrogens with one attached hydrogen (secondary N) is 2. The minimum atomic E-state index is -3.82. The quantitative estimate of drug-likeness (QED) is 0.594. The van der Waals surface area contributed by atoms with Crippen molar-refractivity contribution in [1.29, 1.82) is 0 Å². The molecule has 2 aromatic rings. The molecule has 0 heterocycles. The number of sulfonamides is 1. The third kappa shape index (κ3) is 5.88. The van der Waals surface area contributed by atoms with Gasteiger partial charge in [-0.3, -0.25) is 4.79 Å². The summed E-state index contributed by atoms with van der Waals surface area (Å²) in [7, 11) is -3.82. The fourth-order valence-corrected chi connectivity index (χ4v) is 3.81. The monoisotopic (exact) mass is 434 g/mol. The van der Waals surface area contributed by atoms with Crippen LogP contribution in [-0.2, 0) is 14.8 Å². The number of amides is 1. The smallest absolute Gasteiger partial charge is 0.240 e. The summed E-state index contributed by atoms with van der Waals surface area (Å²) in [6.07, 6.45) is -0.210. The lowest BCUT2D eigenvalue weighted by molar-refractivity contribution is -0.122. The molecule has 0 aliphatic carbocycles. The Morgan fingerprint density at radius 3 is 2.56 bits per heavy atom. The highest BCUT2D eigenvalue weighted by atomic mass is 35.5. The maximum absolute atomic E-state index is 14.0. The lowest BCUT2D eigenvalue weighted by Gasteiger charge is -2.18. The first-order valence-electron chi connectivity index (χ1n) is 7.84. The number of benzene rings is 2. The van der Waals surface area contributed by atoms with E-state index in [1.807, 2.05) is 0 Å². The van der Waals surface area contributed by atoms with Gasteiger partial charge in [0.05, 0.1) is 22.6 Å². The van der Waals surface area contributed by atoms with Crippen molar-refractivity contribution in [2.75, 3.05) is 13.2 Å². The zero-order chi connectivity index (χ0) is 20.0. The van der Waals surface area contributed by atoms with Crippen molar-refractivity contribution in [3.8, 4) is 0 Å². The van der Waals surface area contributed by atoms with Crippen molar-refractivity contribution in [2.24, 2.45) is 0 Å². The minimum Gasteiger partial charge on any atom is -0.394 e. The average Bonchev–Trinajstić information content (AvgIpc) is 2.62. The van der Waals surface area contributed by atoms with Crippen molar-refractivity contribution in [3.63, 3.8) is 0 Å². The molecule has 0 saturated carbocycles. The summed E-state index contributed by atoms with van der Waals surface area (Å²) in [5.74, 6) is -1.30. The molecule has 6 nitrogen and oxygen atoms in total. The molecule has 2 aromatic carbocycles. The number of carbonyl (C=O) groups is 1. The minimum absolute atomic E-state index is 0.0235. The van der Waals surface area contributed by atoms with E-state index in [-0.39, 0.29) is 33.5 Å². The summed E-state index contributed by atoms with van der Waals surface area (Å²) in [5.41, 5.74) is 0.0397. The van der Waals surface area contributed by atoms with Gasteiger partial charge in [0.2, 0.25) is 15.9 Å². The van der Waals surface area contributed by atoms with E-state index in [4.69, 9.17) is 23.2 Å². The number of carbonyl (C=O) groups excluding carboxylic acids is 1. The Labute approximate surface area is 166 Å². The van der Waals surface area contributed by atoms with Gasteiger partial charge in [-0.1, -0.05) is 41.4 Å². The van der Waals surface area contributed by atoms with E-state index in [1.165, 1.54) is 42.5 Å². The highest BCUT2D eigenvalue weighted by Gasteiger charge is 2.20. The largest absolute Gasteiger partial charge is 0.394 e. The molecule has 0 aliphatic heterocycles. The Hall–Kier alpha value is -1.71. The summed E-state index contributed by atoms with van der Waals surface area (Å²) in [4.78, 5) is 12.0. The van der Waals surface area contributed by atoms with Crippen LogP contribution in [0, 0.1) is 5.82 Å². The van der Waals surface area contributed by atoms with Gasteiger partial charge < -0.3 is 10.4 Å². The van der Waals surface area contributed by atoms with Crippen LogP contribution in [0.15, 0.2) is 47.4 Å². The Morgan fingerprint density at radius 2 is 1.89 bits per heavy atom. The second-order valence-corrected chi connectivity index (χ2v) is 8.16. The molecule has 0 aromatic heterocycles. The summed E-state index contributed by atoms with van der Waals surface area (Å²) in [6.45, 7) is -0.728. The molecule has 0 spiro atoms. The van der Waals surface area contributed by atoms with E-state index in [1.54, 1.807) is 0 Å². The molecule has 1 amide bonds. The van der Waals surface area contributed by atoms with Crippen molar-refractivity contribution in [1.82, 2.24) is 10.0 Å². The second-order valence-electron chi connectivity index (χ2n) is 5.55. The zero-order valence-corrected chi connectivity index (χ0v) is 16.3. The van der Waals surface area contributed by atoms with Gasteiger partial charge >= 0.3 is 0 Å². The van der Waals surface area contributed by atoms with Crippen molar-refractivity contribution in [3.05, 3.63) is 63.9 Å². The topological polar surface area (TPSA) is 95.5 Å². The molecule has 27 heavy (non-hydrogen) atoms. The predicted octanol–water partition coefficient (Wildman–Crippen LogP) is 2.65. The van der Waals surface area contributed by atoms with Gasteiger partial charge in [-0.2, -0.15) is 0 Å². The van der Waals surface area contributed by atoms with Crippen LogP contribution in [0.3, 0.4) is 0 Å². The Balaban J connectivity index is 1.94. The molecule has 0 fully saturated rings. The van der Waals surface area contributed by atoms with E-state index >= 15 is 0 Å². The Bertz CT molecular complexity index is 925. The molecule has 146 valence electrons. The fourth-order valence-electron chi connectivity index (χ4n) is 2.29. The Kier molecular flexibility index (Phi) is 7.58. The van der Waals surface area contributed by atoms with Gasteiger partial charge in [0.25, 0.3) is 0 Å². The van der Waals surface area contributed by atoms with Crippen LogP contribution in [-0.4, -0.2) is 32.6 Å². The van der Waals surface area contributed by atoms with E-state index in [0.29, 0.717) is 0 Å². The molecule has 0 unspecified atom stereocenters. The van der Waals surface area contributed by atoms with Crippen LogP contribution in [0.1, 0.15) is 18.0 Å². The number of hydrogen-bond donors (Lipinski definition) is 3. The molecule has 10 heteroatoms. The highest BCUT2D eigenvalue weighted by molar-refractivity contribution is 7.89. The first kappa shape index (κ1) is 21.6. The van der Waals surface area contributed by atoms with Crippen molar-refractivity contribution < 1.29 is 22.7 Å². The lowest BCUT2D eigenvalue weighted by Crippen LogP contribution is -2.34. The maximum atomic E-state index is 14.0. The number of aliphatic hydroxyl groups excluding tert-OH is 1. The van der Waals surface area contributed by atoms with Gasteiger partial charge in [-0.25, -0.2) is 17.5 Å². The molecular formula is C17H17Cl2FN2O4S. The van der Waals surface area contributed by atoms with Crippen LogP contribution in [0.5, 0.6) is 0 Å². The molecule has 1 atom stereocenters. The van der Waals surface area contributed by atoms with Crippen LogP contribution in [0.25, 0.3) is 0 Å². The number of rotatable bonds is 8. The normalized spacial score (nSPS) is 12.6. The van der Waals surface area contributed by atoms with Gasteiger partial charge in [0, 0.05) is 23.6 Å². The van der Waals surface area contributed by atoms with Crippen LogP contribution < -0.4 is 10.0 Å². The van der Waals surface area contributed by atoms with Gasteiger partial charge in [-0.15, -0.1) is 0 Å². The lowest BCUT2D eigenvalue weighted by atomic mass is 10.1. The summed E-state index contributed by atoms with van der Waals surface area (Å²) in [5, 5.41) is 12.0. The van der Waals surface area contributed by atoms with Crippen molar-refractivity contribution >= 4 is 39.1 Å². The summed E-state index contributed by atoms with van der Waals surface area (Å²) >= 11 is 11.5. The predicted molar refractivity (Wildman–Crippen MR) is 101 cm³/mol. The molecule has 0 saturated heterocycles. The van der Waals surface area contributed by atoms with E-state index < -0.39 is 34.4 Å². The van der Waals surface area contributed by atoms with Crippen LogP contribution in [0.2, 0.25) is 10.0 Å². The second kappa shape index (κ2) is 9.48. The molecule has 3 N–H and O–H groups in total. The molecule has 0 bridgehead atoms. The number of halogens is 3. The molecular weight excluding hydrogens is 418 g/mol. The summed E-state index contributed by atoms with van der Waals surface area (Å²) in [6, 6.07) is 8.93. The van der Waals surface area contributed by atoms with Crippen LogP contribution in [0.4, 0.5) is 4.39 Å².